The number of halogens is 1. The van der Waals surface area contributed by atoms with Gasteiger partial charge in [0.15, 0.2) is 0 Å². The van der Waals surface area contributed by atoms with Crippen LogP contribution >= 0.6 is 0 Å². The van der Waals surface area contributed by atoms with Crippen LogP contribution in [0.5, 0.6) is 0 Å². The molecule has 0 radical (unpaired) electrons. The van der Waals surface area contributed by atoms with E-state index in [-0.39, 0.29) is 10.8 Å². The average Bonchev–Trinajstić information content (AvgIpc) is 2.96. The number of carbonyl (C=O) groups excluding carboxylic acids is 1. The Labute approximate surface area is 167 Å². The molecule has 1 heterocycles. The van der Waals surface area contributed by atoms with Crippen molar-refractivity contribution in [3.63, 3.8) is 0 Å². The van der Waals surface area contributed by atoms with Crippen molar-refractivity contribution >= 4 is 15.9 Å². The maximum Gasteiger partial charge on any atom is 0.243 e. The largest absolute Gasteiger partial charge is 0.353 e. The molecule has 1 aliphatic heterocycles. The van der Waals surface area contributed by atoms with E-state index in [1.54, 1.807) is 0 Å². The molecule has 1 saturated heterocycles. The standard InChI is InChI=1S/C21H31FN2O3S/c22-18-8-10-20(11-9-18)28(26,27)24-15-13-17(14-16-24)7-12-21(25)23-19-5-3-1-2-4-6-19/h8-11,17,19H,1-7,12-16H2,(H,23,25). The van der Waals surface area contributed by atoms with Crippen LogP contribution in [0.1, 0.15) is 64.2 Å². The molecule has 1 aliphatic carbocycles. The molecule has 3 rings (SSSR count). The molecule has 0 aromatic heterocycles. The molecule has 0 bridgehead atoms. The van der Waals surface area contributed by atoms with E-state index in [9.17, 15) is 17.6 Å². The van der Waals surface area contributed by atoms with Crippen LogP contribution in [0.2, 0.25) is 0 Å². The predicted octanol–water partition coefficient (Wildman–Crippen LogP) is 3.85. The van der Waals surface area contributed by atoms with Gasteiger partial charge in [-0.25, -0.2) is 12.8 Å². The van der Waals surface area contributed by atoms with Gasteiger partial charge in [0, 0.05) is 25.6 Å². The van der Waals surface area contributed by atoms with Gasteiger partial charge in [0.1, 0.15) is 5.82 Å². The minimum Gasteiger partial charge on any atom is -0.353 e. The second kappa shape index (κ2) is 9.83. The number of hydrogen-bond donors (Lipinski definition) is 1. The van der Waals surface area contributed by atoms with Gasteiger partial charge < -0.3 is 5.32 Å². The molecule has 2 fully saturated rings. The highest BCUT2D eigenvalue weighted by Gasteiger charge is 2.29. The summed E-state index contributed by atoms with van der Waals surface area (Å²) in [6, 6.07) is 5.31. The lowest BCUT2D eigenvalue weighted by atomic mass is 9.93. The minimum atomic E-state index is -3.57. The van der Waals surface area contributed by atoms with E-state index in [0.29, 0.717) is 31.5 Å². The van der Waals surface area contributed by atoms with Crippen molar-refractivity contribution in [2.75, 3.05) is 13.1 Å². The van der Waals surface area contributed by atoms with Gasteiger partial charge in [-0.2, -0.15) is 4.31 Å². The van der Waals surface area contributed by atoms with Crippen LogP contribution in [0.3, 0.4) is 0 Å². The summed E-state index contributed by atoms with van der Waals surface area (Å²) in [5, 5.41) is 3.18. The first-order valence-electron chi connectivity index (χ1n) is 10.5. The summed E-state index contributed by atoms with van der Waals surface area (Å²) in [6.07, 6.45) is 9.97. The van der Waals surface area contributed by atoms with Crippen molar-refractivity contribution in [1.82, 2.24) is 9.62 Å². The van der Waals surface area contributed by atoms with Gasteiger partial charge in [0.05, 0.1) is 4.90 Å². The molecule has 1 saturated carbocycles. The summed E-state index contributed by atoms with van der Waals surface area (Å²) in [7, 11) is -3.57. The van der Waals surface area contributed by atoms with Gasteiger partial charge in [-0.05, 0) is 62.3 Å². The van der Waals surface area contributed by atoms with Gasteiger partial charge in [-0.15, -0.1) is 0 Å². The molecule has 2 aliphatic rings. The number of nitrogens with one attached hydrogen (secondary N) is 1. The summed E-state index contributed by atoms with van der Waals surface area (Å²) in [4.78, 5) is 12.4. The molecule has 1 N–H and O–H groups in total. The Balaban J connectivity index is 1.42. The van der Waals surface area contributed by atoms with Crippen molar-refractivity contribution < 1.29 is 17.6 Å². The van der Waals surface area contributed by atoms with E-state index in [1.807, 2.05) is 0 Å². The van der Waals surface area contributed by atoms with E-state index < -0.39 is 15.8 Å². The Morgan fingerprint density at radius 1 is 1.00 bits per heavy atom. The zero-order chi connectivity index (χ0) is 20.0. The van der Waals surface area contributed by atoms with E-state index in [2.05, 4.69) is 5.32 Å². The number of piperidine rings is 1. The van der Waals surface area contributed by atoms with Crippen LogP contribution < -0.4 is 5.32 Å². The molecule has 5 nitrogen and oxygen atoms in total. The lowest BCUT2D eigenvalue weighted by molar-refractivity contribution is -0.122. The van der Waals surface area contributed by atoms with Crippen LogP contribution in [-0.2, 0) is 14.8 Å². The first-order chi connectivity index (χ1) is 13.4. The minimum absolute atomic E-state index is 0.133. The molecular weight excluding hydrogens is 379 g/mol. The molecule has 0 atom stereocenters. The maximum absolute atomic E-state index is 13.0. The third-order valence-corrected chi connectivity index (χ3v) is 7.94. The van der Waals surface area contributed by atoms with Crippen molar-refractivity contribution in [1.29, 1.82) is 0 Å². The third kappa shape index (κ3) is 5.77. The van der Waals surface area contributed by atoms with Crippen LogP contribution in [0, 0.1) is 11.7 Å². The van der Waals surface area contributed by atoms with Gasteiger partial charge in [0.2, 0.25) is 15.9 Å². The quantitative estimate of drug-likeness (QED) is 0.725. The first kappa shape index (κ1) is 21.2. The molecule has 1 aromatic carbocycles. The van der Waals surface area contributed by atoms with Crippen molar-refractivity contribution in [3.8, 4) is 0 Å². The summed E-state index contributed by atoms with van der Waals surface area (Å²) in [6.45, 7) is 0.906. The normalized spacial score (nSPS) is 20.6. The highest BCUT2D eigenvalue weighted by atomic mass is 32.2. The third-order valence-electron chi connectivity index (χ3n) is 6.02. The van der Waals surface area contributed by atoms with Gasteiger partial charge in [-0.1, -0.05) is 25.7 Å². The number of carbonyl (C=O) groups is 1. The first-order valence-corrected chi connectivity index (χ1v) is 11.9. The van der Waals surface area contributed by atoms with E-state index in [1.165, 1.54) is 54.3 Å². The highest BCUT2D eigenvalue weighted by molar-refractivity contribution is 7.89. The van der Waals surface area contributed by atoms with Crippen LogP contribution in [-0.4, -0.2) is 37.8 Å². The summed E-state index contributed by atoms with van der Waals surface area (Å²) in [5.74, 6) is 0.0626. The molecular formula is C21H31FN2O3S. The number of rotatable bonds is 6. The van der Waals surface area contributed by atoms with E-state index >= 15 is 0 Å². The molecule has 7 heteroatoms. The summed E-state index contributed by atoms with van der Waals surface area (Å²) >= 11 is 0. The number of amides is 1. The van der Waals surface area contributed by atoms with Gasteiger partial charge >= 0.3 is 0 Å². The van der Waals surface area contributed by atoms with E-state index in [0.717, 1.165) is 32.1 Å². The maximum atomic E-state index is 13.0. The monoisotopic (exact) mass is 410 g/mol. The topological polar surface area (TPSA) is 66.5 Å². The van der Waals surface area contributed by atoms with Crippen molar-refractivity contribution in [2.24, 2.45) is 5.92 Å². The number of benzene rings is 1. The molecule has 0 unspecified atom stereocenters. The van der Waals surface area contributed by atoms with Gasteiger partial charge in [-0.3, -0.25) is 4.79 Å². The van der Waals surface area contributed by atoms with Crippen LogP contribution in [0.25, 0.3) is 0 Å². The smallest absolute Gasteiger partial charge is 0.243 e. The molecule has 1 amide bonds. The Morgan fingerprint density at radius 3 is 2.21 bits per heavy atom. The fraction of sp³-hybridized carbons (Fsp3) is 0.667. The van der Waals surface area contributed by atoms with Gasteiger partial charge in [0.25, 0.3) is 0 Å². The Hall–Kier alpha value is -1.47. The zero-order valence-corrected chi connectivity index (χ0v) is 17.2. The van der Waals surface area contributed by atoms with Crippen LogP contribution in [0.15, 0.2) is 29.2 Å². The Kier molecular flexibility index (Phi) is 7.46. The fourth-order valence-electron chi connectivity index (χ4n) is 4.25. The number of hydrogen-bond acceptors (Lipinski definition) is 3. The average molecular weight is 411 g/mol. The number of sulfonamides is 1. The zero-order valence-electron chi connectivity index (χ0n) is 16.4. The molecule has 1 aromatic rings. The Morgan fingerprint density at radius 2 is 1.61 bits per heavy atom. The predicted molar refractivity (Wildman–Crippen MR) is 107 cm³/mol. The van der Waals surface area contributed by atoms with Crippen LogP contribution in [0.4, 0.5) is 4.39 Å². The second-order valence-electron chi connectivity index (χ2n) is 8.10. The van der Waals surface area contributed by atoms with Crippen molar-refractivity contribution in [3.05, 3.63) is 30.1 Å². The molecule has 156 valence electrons. The highest BCUT2D eigenvalue weighted by Crippen LogP contribution is 2.26. The van der Waals surface area contributed by atoms with E-state index in [4.69, 9.17) is 0 Å². The lowest BCUT2D eigenvalue weighted by Gasteiger charge is -2.31. The fourth-order valence-corrected chi connectivity index (χ4v) is 5.72. The second-order valence-corrected chi connectivity index (χ2v) is 10.0. The lowest BCUT2D eigenvalue weighted by Crippen LogP contribution is -2.39. The Bertz CT molecular complexity index is 735. The number of nitrogens with zero attached hydrogens (tertiary/aromatic N) is 1. The molecule has 0 spiro atoms. The van der Waals surface area contributed by atoms with Crippen molar-refractivity contribution in [2.45, 2.75) is 75.1 Å². The SMILES string of the molecule is O=C(CCC1CCN(S(=O)(=O)c2ccc(F)cc2)CC1)NC1CCCCCC1. The molecule has 28 heavy (non-hydrogen) atoms. The summed E-state index contributed by atoms with van der Waals surface area (Å²) < 4.78 is 39.8. The summed E-state index contributed by atoms with van der Waals surface area (Å²) in [5.41, 5.74) is 0.